The molecule has 1 aromatic heterocycles. The van der Waals surface area contributed by atoms with Crippen LogP contribution in [0.4, 0.5) is 0 Å². The van der Waals surface area contributed by atoms with Gasteiger partial charge in [0.25, 0.3) is 5.91 Å². The van der Waals surface area contributed by atoms with E-state index in [4.69, 9.17) is 4.74 Å². The van der Waals surface area contributed by atoms with Crippen LogP contribution in [-0.4, -0.2) is 42.6 Å². The Labute approximate surface area is 112 Å². The highest BCUT2D eigenvalue weighted by molar-refractivity contribution is 5.98. The fraction of sp³-hybridized carbons (Fsp3) is 0.267. The molecule has 0 aliphatic heterocycles. The summed E-state index contributed by atoms with van der Waals surface area (Å²) in [5, 5.41) is 1.10. The van der Waals surface area contributed by atoms with Crippen LogP contribution >= 0.6 is 0 Å². The van der Waals surface area contributed by atoms with Crippen molar-refractivity contribution in [3.63, 3.8) is 0 Å². The first kappa shape index (κ1) is 13.4. The average Bonchev–Trinajstić information content (AvgIpc) is 2.90. The first-order chi connectivity index (χ1) is 9.26. The minimum absolute atomic E-state index is 0.00606. The minimum Gasteiger partial charge on any atom is -0.383 e. The molecule has 0 unspecified atom stereocenters. The smallest absolute Gasteiger partial charge is 0.254 e. The lowest BCUT2D eigenvalue weighted by molar-refractivity contribution is 0.0718. The molecule has 0 bridgehead atoms. The number of amides is 1. The van der Waals surface area contributed by atoms with Crippen LogP contribution in [0.15, 0.2) is 43.1 Å². The van der Waals surface area contributed by atoms with Crippen molar-refractivity contribution in [2.75, 3.05) is 26.8 Å². The van der Waals surface area contributed by atoms with E-state index >= 15 is 0 Å². The van der Waals surface area contributed by atoms with E-state index in [0.29, 0.717) is 25.3 Å². The summed E-state index contributed by atoms with van der Waals surface area (Å²) in [7, 11) is 1.63. The molecule has 0 saturated carbocycles. The maximum absolute atomic E-state index is 12.4. The second kappa shape index (κ2) is 6.20. The first-order valence-electron chi connectivity index (χ1n) is 6.22. The van der Waals surface area contributed by atoms with Gasteiger partial charge in [-0.1, -0.05) is 12.1 Å². The summed E-state index contributed by atoms with van der Waals surface area (Å²) in [5.41, 5.74) is 1.64. The topological polar surface area (TPSA) is 45.3 Å². The van der Waals surface area contributed by atoms with Crippen molar-refractivity contribution in [1.82, 2.24) is 9.88 Å². The van der Waals surface area contributed by atoms with Gasteiger partial charge in [0.05, 0.1) is 6.61 Å². The fourth-order valence-electron chi connectivity index (χ4n) is 2.00. The molecule has 2 rings (SSSR count). The van der Waals surface area contributed by atoms with E-state index in [9.17, 15) is 4.79 Å². The Hall–Kier alpha value is -2.07. The second-order valence-electron chi connectivity index (χ2n) is 4.31. The number of benzene rings is 1. The number of methoxy groups -OCH3 is 1. The van der Waals surface area contributed by atoms with Crippen LogP contribution in [-0.2, 0) is 4.74 Å². The summed E-state index contributed by atoms with van der Waals surface area (Å²) in [4.78, 5) is 17.3. The zero-order chi connectivity index (χ0) is 13.7. The molecule has 0 radical (unpaired) electrons. The van der Waals surface area contributed by atoms with Gasteiger partial charge in [0.2, 0.25) is 0 Å². The molecule has 0 saturated heterocycles. The molecule has 1 aromatic carbocycles. The third kappa shape index (κ3) is 3.03. The van der Waals surface area contributed by atoms with Crippen LogP contribution in [0.1, 0.15) is 10.4 Å². The third-order valence-corrected chi connectivity index (χ3v) is 3.00. The number of ether oxygens (including phenoxy) is 1. The number of nitrogens with zero attached hydrogens (tertiary/aromatic N) is 1. The maximum atomic E-state index is 12.4. The highest BCUT2D eigenvalue weighted by Crippen LogP contribution is 2.15. The van der Waals surface area contributed by atoms with Crippen molar-refractivity contribution in [2.24, 2.45) is 0 Å². The highest BCUT2D eigenvalue weighted by Gasteiger charge is 2.14. The van der Waals surface area contributed by atoms with Crippen LogP contribution in [0.5, 0.6) is 0 Å². The normalized spacial score (nSPS) is 10.6. The number of fused-ring (bicyclic) bond motifs is 1. The van der Waals surface area contributed by atoms with E-state index in [1.54, 1.807) is 18.1 Å². The van der Waals surface area contributed by atoms with E-state index < -0.39 is 0 Å². The van der Waals surface area contributed by atoms with E-state index in [1.807, 2.05) is 30.5 Å². The third-order valence-electron chi connectivity index (χ3n) is 3.00. The molecular formula is C15H18N2O2. The van der Waals surface area contributed by atoms with E-state index in [1.165, 1.54) is 0 Å². The van der Waals surface area contributed by atoms with E-state index in [0.717, 1.165) is 10.9 Å². The molecule has 0 fully saturated rings. The molecule has 0 aliphatic carbocycles. The summed E-state index contributed by atoms with van der Waals surface area (Å²) in [6, 6.07) is 7.65. The van der Waals surface area contributed by atoms with Gasteiger partial charge in [0.1, 0.15) is 0 Å². The number of rotatable bonds is 6. The van der Waals surface area contributed by atoms with Gasteiger partial charge < -0.3 is 14.6 Å². The van der Waals surface area contributed by atoms with Crippen molar-refractivity contribution < 1.29 is 9.53 Å². The average molecular weight is 258 g/mol. The van der Waals surface area contributed by atoms with E-state index in [-0.39, 0.29) is 5.91 Å². The van der Waals surface area contributed by atoms with Crippen molar-refractivity contribution in [1.29, 1.82) is 0 Å². The van der Waals surface area contributed by atoms with Gasteiger partial charge >= 0.3 is 0 Å². The Morgan fingerprint density at radius 2 is 2.32 bits per heavy atom. The lowest BCUT2D eigenvalue weighted by atomic mass is 10.1. The molecule has 0 aliphatic rings. The Balaban J connectivity index is 2.21. The van der Waals surface area contributed by atoms with Gasteiger partial charge in [-0.3, -0.25) is 4.79 Å². The zero-order valence-electron chi connectivity index (χ0n) is 11.1. The van der Waals surface area contributed by atoms with E-state index in [2.05, 4.69) is 11.6 Å². The summed E-state index contributed by atoms with van der Waals surface area (Å²) in [5.74, 6) is -0.00606. The number of H-pyrrole nitrogens is 1. The van der Waals surface area contributed by atoms with Gasteiger partial charge in [-0.2, -0.15) is 0 Å². The molecule has 19 heavy (non-hydrogen) atoms. The maximum Gasteiger partial charge on any atom is 0.254 e. The van der Waals surface area contributed by atoms with Crippen LogP contribution < -0.4 is 0 Å². The van der Waals surface area contributed by atoms with Crippen molar-refractivity contribution in [3.8, 4) is 0 Å². The second-order valence-corrected chi connectivity index (χ2v) is 4.31. The van der Waals surface area contributed by atoms with Gasteiger partial charge in [-0.15, -0.1) is 6.58 Å². The molecule has 4 heteroatoms. The summed E-state index contributed by atoms with van der Waals surface area (Å²) >= 11 is 0. The van der Waals surface area contributed by atoms with Gasteiger partial charge in [0.15, 0.2) is 0 Å². The van der Waals surface area contributed by atoms with Crippen LogP contribution in [0.2, 0.25) is 0 Å². The number of hydrogen-bond acceptors (Lipinski definition) is 2. The largest absolute Gasteiger partial charge is 0.383 e. The monoisotopic (exact) mass is 258 g/mol. The number of carbonyl (C=O) groups is 1. The molecule has 100 valence electrons. The Morgan fingerprint density at radius 1 is 1.47 bits per heavy atom. The predicted octanol–water partition coefficient (Wildman–Crippen LogP) is 2.44. The quantitative estimate of drug-likeness (QED) is 0.809. The Bertz CT molecular complexity index is 574. The number of carbonyl (C=O) groups excluding carboxylic acids is 1. The van der Waals surface area contributed by atoms with Crippen molar-refractivity contribution in [2.45, 2.75) is 0 Å². The number of nitrogens with one attached hydrogen (secondary N) is 1. The van der Waals surface area contributed by atoms with Gasteiger partial charge in [0, 0.05) is 37.5 Å². The lowest BCUT2D eigenvalue weighted by Gasteiger charge is -2.20. The molecule has 1 heterocycles. The SMILES string of the molecule is C=CCN(CCOC)C(=O)c1ccc2cc[nH]c2c1. The number of aromatic nitrogens is 1. The molecular weight excluding hydrogens is 240 g/mol. The van der Waals surface area contributed by atoms with Crippen molar-refractivity contribution >= 4 is 16.8 Å². The molecule has 1 amide bonds. The predicted molar refractivity (Wildman–Crippen MR) is 76.3 cm³/mol. The Kier molecular flexibility index (Phi) is 4.36. The zero-order valence-corrected chi connectivity index (χ0v) is 11.1. The fourth-order valence-corrected chi connectivity index (χ4v) is 2.00. The van der Waals surface area contributed by atoms with Crippen LogP contribution in [0.25, 0.3) is 10.9 Å². The molecule has 1 N–H and O–H groups in total. The van der Waals surface area contributed by atoms with Gasteiger partial charge in [-0.25, -0.2) is 0 Å². The lowest BCUT2D eigenvalue weighted by Crippen LogP contribution is -2.34. The first-order valence-corrected chi connectivity index (χ1v) is 6.22. The minimum atomic E-state index is -0.00606. The van der Waals surface area contributed by atoms with Crippen LogP contribution in [0, 0.1) is 0 Å². The number of hydrogen-bond donors (Lipinski definition) is 1. The standard InChI is InChI=1S/C15H18N2O2/c1-3-8-17(9-10-19-2)15(18)13-5-4-12-6-7-16-14(12)11-13/h3-7,11,16H,1,8-10H2,2H3. The number of aromatic amines is 1. The summed E-state index contributed by atoms with van der Waals surface area (Å²) < 4.78 is 5.03. The molecule has 4 nitrogen and oxygen atoms in total. The van der Waals surface area contributed by atoms with Gasteiger partial charge in [-0.05, 0) is 23.6 Å². The summed E-state index contributed by atoms with van der Waals surface area (Å²) in [6.45, 7) is 5.28. The Morgan fingerprint density at radius 3 is 3.05 bits per heavy atom. The summed E-state index contributed by atoms with van der Waals surface area (Å²) in [6.07, 6.45) is 3.59. The molecule has 0 atom stereocenters. The van der Waals surface area contributed by atoms with Crippen LogP contribution in [0.3, 0.4) is 0 Å². The highest BCUT2D eigenvalue weighted by atomic mass is 16.5. The molecule has 0 spiro atoms. The van der Waals surface area contributed by atoms with Crippen molar-refractivity contribution in [3.05, 3.63) is 48.7 Å². The molecule has 2 aromatic rings.